The van der Waals surface area contributed by atoms with E-state index in [1.165, 1.54) is 0 Å². The first kappa shape index (κ1) is 90.6. The Morgan fingerprint density at radius 2 is 0.304 bits per heavy atom. The Labute approximate surface area is 549 Å². The van der Waals surface area contributed by atoms with Crippen LogP contribution in [0.25, 0.3) is 0 Å². The summed E-state index contributed by atoms with van der Waals surface area (Å²) in [5.74, 6) is 0. The molecule has 0 fully saturated rings. The van der Waals surface area contributed by atoms with E-state index in [-0.39, 0.29) is 27.3 Å². The summed E-state index contributed by atoms with van der Waals surface area (Å²) in [6.45, 7) is -17.6. The molecule has 0 radical (unpaired) electrons. The smallest absolute Gasteiger partial charge is 0.344 e. The van der Waals surface area contributed by atoms with E-state index < -0.39 is 293 Å². The largest absolute Gasteiger partial charge is 1.00 e. The molecule has 0 aliphatic heterocycles. The zero-order chi connectivity index (χ0) is 79.6. The summed E-state index contributed by atoms with van der Waals surface area (Å²) in [7, 11) is 0. The summed E-state index contributed by atoms with van der Waals surface area (Å²) in [6.07, 6.45) is -133. The number of rotatable bonds is 16. The van der Waals surface area contributed by atoms with Crippen molar-refractivity contribution in [1.82, 2.24) is 0 Å². The molecule has 0 bridgehead atoms. The number of halogens is 48. The predicted molar refractivity (Wildman–Crippen MR) is 239 cm³/mol. The number of benzene rings is 4. The molecule has 0 atom stereocenters. The summed E-state index contributed by atoms with van der Waals surface area (Å²) in [6, 6.07) is -25.4. The van der Waals surface area contributed by atoms with Gasteiger partial charge in [0.15, 0.2) is 0 Å². The van der Waals surface area contributed by atoms with Crippen molar-refractivity contribution >= 4 is 55.3 Å². The van der Waals surface area contributed by atoms with E-state index in [4.69, 9.17) is 0 Å². The maximum Gasteiger partial charge on any atom is 1.00 e. The topological polar surface area (TPSA) is 36.9 Å². The standard InChI is InChI=1S/C48H20BF48O4.Tl/c50-29(51,52)13-98-33(41(74,75)76,42(77,78)79)17-1-21(37(62,63)64)9-25(5-17)49(26-6-18(2-22(10-26)38(65,66)67)34(43(80,81)82,44(83,84)85)99-14-30(53,54)55,27-7-19(3-23(11-27)39(68,69)70)35(45(86,87)88,46(89,90)91)100-15-31(56,57)58)28-8-20(4-24(12-28)40(71,72)73)36(47(92,93)94,48(95,96)97)101-16-32(59,60)61;/h1-12H,13-16H2;/q-1;+1. The van der Waals surface area contributed by atoms with Crippen LogP contribution >= 0.6 is 0 Å². The van der Waals surface area contributed by atoms with Crippen molar-refractivity contribution in [2.75, 3.05) is 26.4 Å². The molecule has 0 saturated carbocycles. The first-order valence-electron chi connectivity index (χ1n) is 24.5. The van der Waals surface area contributed by atoms with Gasteiger partial charge in [-0.2, -0.15) is 233 Å². The van der Waals surface area contributed by atoms with E-state index in [9.17, 15) is 52.7 Å². The van der Waals surface area contributed by atoms with Gasteiger partial charge in [-0.05, 0) is 46.5 Å². The van der Waals surface area contributed by atoms with E-state index >= 15 is 158 Å². The van der Waals surface area contributed by atoms with E-state index in [0.717, 1.165) is 0 Å². The Balaban J connectivity index is 0.0000270. The molecule has 0 heterocycles. The average Bonchev–Trinajstić information content (AvgIpc) is 0.694. The fourth-order valence-corrected chi connectivity index (χ4v) is 9.93. The maximum absolute atomic E-state index is 15.5. The van der Waals surface area contributed by atoms with Gasteiger partial charge in [0.05, 0.1) is 22.3 Å². The molecule has 578 valence electrons. The van der Waals surface area contributed by atoms with Gasteiger partial charge in [-0.1, -0.05) is 48.5 Å². The van der Waals surface area contributed by atoms with Gasteiger partial charge in [0.2, 0.25) is 0 Å². The maximum atomic E-state index is 15.5. The van der Waals surface area contributed by atoms with Gasteiger partial charge in [0.1, 0.15) is 32.6 Å². The molecule has 54 heteroatoms. The molecule has 4 rings (SSSR count). The van der Waals surface area contributed by atoms with Crippen LogP contribution in [0.15, 0.2) is 72.8 Å². The Kier molecular flexibility index (Phi) is 24.2. The fraction of sp³-hybridized carbons (Fsp3) is 0.500. The second-order valence-electron chi connectivity index (χ2n) is 20.6. The number of ether oxygens (including phenoxy) is 4. The molecule has 0 aromatic heterocycles. The van der Waals surface area contributed by atoms with Crippen LogP contribution in [0, 0.1) is 0 Å². The van der Waals surface area contributed by atoms with E-state index in [2.05, 4.69) is 18.9 Å². The summed E-state index contributed by atoms with van der Waals surface area (Å²) in [5.41, 5.74) is -81.6. The molecule has 0 amide bonds. The molecule has 0 aliphatic carbocycles. The van der Waals surface area contributed by atoms with Crippen LogP contribution in [0.2, 0.25) is 0 Å². The quantitative estimate of drug-likeness (QED) is 0.0828. The third-order valence-corrected chi connectivity index (χ3v) is 13.8. The molecule has 102 heavy (non-hydrogen) atoms. The van der Waals surface area contributed by atoms with Crippen LogP contribution in [-0.2, 0) is 66.1 Å². The summed E-state index contributed by atoms with van der Waals surface area (Å²) in [4.78, 5) is 0. The molecule has 4 aromatic carbocycles. The van der Waals surface area contributed by atoms with Crippen LogP contribution < -0.4 is 21.9 Å². The first-order valence-corrected chi connectivity index (χ1v) is 24.5. The number of hydrogen-bond acceptors (Lipinski definition) is 4. The Bertz CT molecular complexity index is 3040. The van der Waals surface area contributed by atoms with Gasteiger partial charge in [0.25, 0.3) is 22.4 Å². The van der Waals surface area contributed by atoms with Crippen LogP contribution in [0.4, 0.5) is 211 Å². The zero-order valence-electron chi connectivity index (χ0n) is 46.7. The van der Waals surface area contributed by atoms with Crippen LogP contribution in [0.5, 0.6) is 0 Å². The van der Waals surface area contributed by atoms with Crippen molar-refractivity contribution < 1.29 is 230 Å². The monoisotopic (exact) mass is 1790 g/mol. The molecular formula is C48H20BF48O4Tl. The second kappa shape index (κ2) is 27.3. The second-order valence-corrected chi connectivity index (χ2v) is 20.6. The van der Waals surface area contributed by atoms with Gasteiger partial charge < -0.3 is 18.9 Å². The Morgan fingerprint density at radius 3 is 0.402 bits per heavy atom. The summed E-state index contributed by atoms with van der Waals surface area (Å²) < 4.78 is 732. The van der Waals surface area contributed by atoms with Gasteiger partial charge in [-0.15, -0.1) is 0 Å². The van der Waals surface area contributed by atoms with Gasteiger partial charge in [-0.3, -0.25) is 0 Å². The zero-order valence-corrected chi connectivity index (χ0v) is 51.2. The third-order valence-electron chi connectivity index (χ3n) is 13.8. The van der Waals surface area contributed by atoms with Crippen LogP contribution in [0.3, 0.4) is 0 Å². The van der Waals surface area contributed by atoms with Crippen molar-refractivity contribution in [2.45, 2.75) is 121 Å². The van der Waals surface area contributed by atoms with E-state index in [1.807, 2.05) is 0 Å². The molecule has 0 N–H and O–H groups in total. The molecule has 4 aromatic rings. The molecular weight excluding hydrogens is 1770 g/mol. The Hall–Kier alpha value is -5.65. The SMILES string of the molecule is FC(F)(F)COC(c1cc([B-](c2cc(C(F)(F)F)cc(C(OCC(F)(F)F)(C(F)(F)F)C(F)(F)F)c2)(c2cc(C(F)(F)F)cc(C(OCC(F)(F)F)(C(F)(F)F)C(F)(F)F)c2)c2cc(C(F)(F)F)cc(C(OCC(F)(F)F)(C(F)(F)F)C(F)(F)F)c2)cc(C(F)(F)F)c1)(C(F)(F)F)C(F)(F)F.[Tl+]. The van der Waals surface area contributed by atoms with Crippen molar-refractivity contribution in [3.8, 4) is 0 Å². The Morgan fingerprint density at radius 1 is 0.186 bits per heavy atom. The minimum atomic E-state index is -8.37. The van der Waals surface area contributed by atoms with Crippen LogP contribution in [-0.4, -0.2) is 134 Å². The van der Waals surface area contributed by atoms with E-state index in [0.29, 0.717) is 0 Å². The number of alkyl halides is 48. The first-order chi connectivity index (χ1) is 44.1. The third kappa shape index (κ3) is 17.9. The fourth-order valence-electron chi connectivity index (χ4n) is 9.93. The molecule has 0 spiro atoms. The van der Waals surface area contributed by atoms with Crippen molar-refractivity contribution in [3.05, 3.63) is 117 Å². The van der Waals surface area contributed by atoms with Crippen molar-refractivity contribution in [2.24, 2.45) is 0 Å². The predicted octanol–water partition coefficient (Wildman–Crippen LogP) is 18.4. The molecule has 0 unspecified atom stereocenters. The van der Waals surface area contributed by atoms with Crippen molar-refractivity contribution in [1.29, 1.82) is 0 Å². The number of hydrogen-bond donors (Lipinski definition) is 0. The van der Waals surface area contributed by atoms with Crippen molar-refractivity contribution in [3.63, 3.8) is 0 Å². The minimum absolute atomic E-state index is 0. The van der Waals surface area contributed by atoms with Gasteiger partial charge in [0, 0.05) is 0 Å². The summed E-state index contributed by atoms with van der Waals surface area (Å²) >= 11 is 0. The van der Waals surface area contributed by atoms with Gasteiger partial charge in [-0.25, -0.2) is 0 Å². The molecule has 0 saturated heterocycles. The normalized spacial score (nSPS) is 15.3. The van der Waals surface area contributed by atoms with Crippen LogP contribution in [0.1, 0.15) is 44.5 Å². The molecule has 0 aliphatic rings. The van der Waals surface area contributed by atoms with E-state index in [1.54, 1.807) is 0 Å². The average molecular weight is 1790 g/mol. The molecule has 4 nitrogen and oxygen atoms in total. The summed E-state index contributed by atoms with van der Waals surface area (Å²) in [5, 5.41) is 0. The van der Waals surface area contributed by atoms with Gasteiger partial charge >= 0.3 is 126 Å². The minimum Gasteiger partial charge on any atom is -0.344 e.